The quantitative estimate of drug-likeness (QED) is 0.527. The Bertz CT molecular complexity index is 862. The van der Waals surface area contributed by atoms with Crippen molar-refractivity contribution in [3.8, 4) is 11.4 Å². The Morgan fingerprint density at radius 2 is 2.12 bits per heavy atom. The second kappa shape index (κ2) is 7.52. The molecule has 0 N–H and O–H groups in total. The largest absolute Gasteiger partial charge is 0.456 e. The number of carbonyl (C=O) groups is 1. The maximum Gasteiger partial charge on any atom is 0.332 e. The lowest BCUT2D eigenvalue weighted by Crippen LogP contribution is -2.02. The molecule has 0 atom stereocenters. The normalized spacial score (nSPS) is 10.9. The fourth-order valence-electron chi connectivity index (χ4n) is 1.92. The number of carbonyl (C=O) groups excluding carboxylic acids is 1. The van der Waals surface area contributed by atoms with Gasteiger partial charge in [-0.25, -0.2) is 14.5 Å². The second-order valence-corrected chi connectivity index (χ2v) is 5.24. The highest BCUT2D eigenvalue weighted by Crippen LogP contribution is 2.18. The highest BCUT2D eigenvalue weighted by Gasteiger charge is 2.04. The van der Waals surface area contributed by atoms with E-state index in [1.54, 1.807) is 30.5 Å². The number of aromatic nitrogens is 4. The molecule has 2 aromatic heterocycles. The van der Waals surface area contributed by atoms with Gasteiger partial charge >= 0.3 is 5.97 Å². The Hall–Kier alpha value is -2.99. The summed E-state index contributed by atoms with van der Waals surface area (Å²) in [4.78, 5) is 19.9. The topological polar surface area (TPSA) is 69.9 Å². The summed E-state index contributed by atoms with van der Waals surface area (Å²) in [5.41, 5.74) is 1.48. The molecule has 0 bridgehead atoms. The van der Waals surface area contributed by atoms with Crippen molar-refractivity contribution in [2.75, 3.05) is 0 Å². The molecule has 0 saturated carbocycles. The molecule has 120 valence electrons. The molecule has 0 unspecified atom stereocenters. The lowest BCUT2D eigenvalue weighted by molar-refractivity contribution is -0.139. The summed E-state index contributed by atoms with van der Waals surface area (Å²) < 4.78 is 6.52. The van der Waals surface area contributed by atoms with Gasteiger partial charge in [-0.3, -0.25) is 4.98 Å². The summed E-state index contributed by atoms with van der Waals surface area (Å²) in [6.07, 6.45) is 5.89. The van der Waals surface area contributed by atoms with Crippen molar-refractivity contribution in [2.24, 2.45) is 0 Å². The van der Waals surface area contributed by atoms with Crippen LogP contribution in [0.2, 0.25) is 5.02 Å². The van der Waals surface area contributed by atoms with Crippen molar-refractivity contribution in [3.05, 3.63) is 71.8 Å². The average Bonchev–Trinajstić information content (AvgIpc) is 3.08. The summed E-state index contributed by atoms with van der Waals surface area (Å²) in [5.74, 6) is 0.0319. The molecular formula is C17H13ClN4O2. The van der Waals surface area contributed by atoms with Gasteiger partial charge in [-0.1, -0.05) is 29.8 Å². The Morgan fingerprint density at radius 1 is 1.21 bits per heavy atom. The molecule has 24 heavy (non-hydrogen) atoms. The zero-order valence-corrected chi connectivity index (χ0v) is 13.3. The molecule has 6 nitrogen and oxygen atoms in total. The maximum atomic E-state index is 11.7. The fourth-order valence-corrected chi connectivity index (χ4v) is 2.11. The van der Waals surface area contributed by atoms with Crippen molar-refractivity contribution in [3.63, 3.8) is 0 Å². The van der Waals surface area contributed by atoms with E-state index in [0.717, 1.165) is 5.56 Å². The van der Waals surface area contributed by atoms with E-state index in [1.807, 2.05) is 18.2 Å². The smallest absolute Gasteiger partial charge is 0.332 e. The van der Waals surface area contributed by atoms with Gasteiger partial charge in [0.05, 0.1) is 5.69 Å². The van der Waals surface area contributed by atoms with Crippen molar-refractivity contribution >= 4 is 23.8 Å². The van der Waals surface area contributed by atoms with E-state index in [-0.39, 0.29) is 6.61 Å². The molecule has 2 heterocycles. The molecule has 3 rings (SSSR count). The lowest BCUT2D eigenvalue weighted by atomic mass is 10.2. The van der Waals surface area contributed by atoms with Gasteiger partial charge in [0.25, 0.3) is 0 Å². The van der Waals surface area contributed by atoms with Crippen LogP contribution in [0.4, 0.5) is 0 Å². The van der Waals surface area contributed by atoms with E-state index >= 15 is 0 Å². The summed E-state index contributed by atoms with van der Waals surface area (Å²) in [6, 6.07) is 12.6. The predicted octanol–water partition coefficient (Wildman–Crippen LogP) is 3.21. The number of esters is 1. The number of nitrogens with zero attached hydrogens (tertiary/aromatic N) is 4. The zero-order valence-electron chi connectivity index (χ0n) is 12.5. The van der Waals surface area contributed by atoms with Gasteiger partial charge in [0.1, 0.15) is 12.9 Å². The maximum absolute atomic E-state index is 11.7. The highest BCUT2D eigenvalue weighted by atomic mass is 35.5. The second-order valence-electron chi connectivity index (χ2n) is 4.80. The molecule has 7 heteroatoms. The Balaban J connectivity index is 1.59. The third kappa shape index (κ3) is 4.27. The van der Waals surface area contributed by atoms with Crippen molar-refractivity contribution in [1.29, 1.82) is 0 Å². The van der Waals surface area contributed by atoms with Crippen LogP contribution in [0.25, 0.3) is 17.6 Å². The summed E-state index contributed by atoms with van der Waals surface area (Å²) in [7, 11) is 0. The van der Waals surface area contributed by atoms with E-state index in [9.17, 15) is 4.79 Å². The van der Waals surface area contributed by atoms with Crippen LogP contribution in [0.15, 0.2) is 61.1 Å². The van der Waals surface area contributed by atoms with Crippen LogP contribution in [-0.2, 0) is 16.1 Å². The Labute approximate surface area is 143 Å². The molecule has 0 aliphatic carbocycles. The monoisotopic (exact) mass is 340 g/mol. The van der Waals surface area contributed by atoms with Gasteiger partial charge in [0.2, 0.25) is 0 Å². The first kappa shape index (κ1) is 15.9. The molecule has 0 saturated heterocycles. The molecular weight excluding hydrogens is 328 g/mol. The van der Waals surface area contributed by atoms with Crippen molar-refractivity contribution in [1.82, 2.24) is 19.7 Å². The molecule has 1 aromatic carbocycles. The third-order valence-corrected chi connectivity index (χ3v) is 3.28. The van der Waals surface area contributed by atoms with Crippen LogP contribution in [0.3, 0.4) is 0 Å². The van der Waals surface area contributed by atoms with Crippen LogP contribution in [-0.4, -0.2) is 25.7 Å². The molecule has 3 aromatic rings. The molecule has 0 spiro atoms. The number of ether oxygens (including phenoxy) is 1. The number of benzene rings is 1. The van der Waals surface area contributed by atoms with Gasteiger partial charge in [-0.2, -0.15) is 0 Å². The minimum Gasteiger partial charge on any atom is -0.456 e. The Morgan fingerprint density at radius 3 is 2.92 bits per heavy atom. The summed E-state index contributed by atoms with van der Waals surface area (Å²) in [5, 5.41) is 4.86. The summed E-state index contributed by atoms with van der Waals surface area (Å²) >= 11 is 5.95. The molecule has 0 fully saturated rings. The van der Waals surface area contributed by atoms with Gasteiger partial charge in [-0.15, -0.1) is 5.10 Å². The predicted molar refractivity (Wildman–Crippen MR) is 89.8 cm³/mol. The van der Waals surface area contributed by atoms with E-state index < -0.39 is 5.97 Å². The van der Waals surface area contributed by atoms with Crippen LogP contribution in [0, 0.1) is 0 Å². The third-order valence-electron chi connectivity index (χ3n) is 3.04. The SMILES string of the molecule is O=C(C=Cn1cnc(-c2cccc(Cl)c2)n1)OCc1ccccn1. The van der Waals surface area contributed by atoms with Crippen LogP contribution in [0.1, 0.15) is 5.69 Å². The first-order valence-electron chi connectivity index (χ1n) is 7.13. The number of hydrogen-bond acceptors (Lipinski definition) is 5. The number of halogens is 1. The van der Waals surface area contributed by atoms with Crippen LogP contribution in [0.5, 0.6) is 0 Å². The van der Waals surface area contributed by atoms with Crippen LogP contribution >= 0.6 is 11.6 Å². The van der Waals surface area contributed by atoms with Gasteiger partial charge in [-0.05, 0) is 24.3 Å². The van der Waals surface area contributed by atoms with Gasteiger partial charge < -0.3 is 4.74 Å². The minimum absolute atomic E-state index is 0.120. The highest BCUT2D eigenvalue weighted by molar-refractivity contribution is 6.30. The number of rotatable bonds is 5. The minimum atomic E-state index is -0.486. The Kier molecular flexibility index (Phi) is 4.98. The summed E-state index contributed by atoms with van der Waals surface area (Å²) in [6.45, 7) is 0.120. The van der Waals surface area contributed by atoms with E-state index in [1.165, 1.54) is 23.3 Å². The molecule has 0 radical (unpaired) electrons. The number of hydrogen-bond donors (Lipinski definition) is 0. The number of pyridine rings is 1. The van der Waals surface area contributed by atoms with Crippen molar-refractivity contribution in [2.45, 2.75) is 6.61 Å². The average molecular weight is 341 g/mol. The van der Waals surface area contributed by atoms with Gasteiger partial charge in [0, 0.05) is 29.1 Å². The molecule has 0 amide bonds. The van der Waals surface area contributed by atoms with E-state index in [2.05, 4.69) is 15.1 Å². The van der Waals surface area contributed by atoms with Crippen molar-refractivity contribution < 1.29 is 9.53 Å². The molecule has 0 aliphatic rings. The lowest BCUT2D eigenvalue weighted by Gasteiger charge is -2.00. The van der Waals surface area contributed by atoms with Gasteiger partial charge in [0.15, 0.2) is 5.82 Å². The molecule has 0 aliphatic heterocycles. The first-order valence-corrected chi connectivity index (χ1v) is 7.50. The zero-order chi connectivity index (χ0) is 16.8. The first-order chi connectivity index (χ1) is 11.7. The van der Waals surface area contributed by atoms with E-state index in [4.69, 9.17) is 16.3 Å². The standard InChI is InChI=1S/C17H13ClN4O2/c18-14-5-3-4-13(10-14)17-20-12-22(21-17)9-7-16(23)24-11-15-6-1-2-8-19-15/h1-10,12H,11H2. The fraction of sp³-hybridized carbons (Fsp3) is 0.0588. The van der Waals surface area contributed by atoms with Crippen LogP contribution < -0.4 is 0 Å². The van der Waals surface area contributed by atoms with E-state index in [0.29, 0.717) is 16.5 Å².